The van der Waals surface area contributed by atoms with Crippen molar-refractivity contribution >= 4 is 16.9 Å². The van der Waals surface area contributed by atoms with Crippen LogP contribution in [0.2, 0.25) is 0 Å². The minimum Gasteiger partial charge on any atom is -0.497 e. The van der Waals surface area contributed by atoms with Gasteiger partial charge in [0, 0.05) is 10.9 Å². The summed E-state index contributed by atoms with van der Waals surface area (Å²) in [5, 5.41) is 9.76. The molecule has 0 spiro atoms. The third kappa shape index (κ3) is 3.98. The Morgan fingerprint density at radius 2 is 1.80 bits per heavy atom. The molecule has 1 heterocycles. The van der Waals surface area contributed by atoms with Gasteiger partial charge in [-0.3, -0.25) is 0 Å². The number of ether oxygens (including phenoxy) is 2. The van der Waals surface area contributed by atoms with Crippen molar-refractivity contribution in [3.63, 3.8) is 0 Å². The summed E-state index contributed by atoms with van der Waals surface area (Å²) < 4.78 is 10.8. The van der Waals surface area contributed by atoms with Crippen LogP contribution in [0.25, 0.3) is 22.2 Å². The highest BCUT2D eigenvalue weighted by molar-refractivity contribution is 6.04. The monoisotopic (exact) mass is 394 g/mol. The Balaban J connectivity index is 1.67. The smallest absolute Gasteiger partial charge is 0.339 e. The number of carbonyl (C=O) groups is 1. The van der Waals surface area contributed by atoms with Crippen molar-refractivity contribution in [1.82, 2.24) is 4.98 Å². The van der Waals surface area contributed by atoms with Crippen LogP contribution in [0.3, 0.4) is 0 Å². The molecule has 0 aliphatic heterocycles. The average Bonchev–Trinajstić information content (AvgIpc) is 2.82. The Morgan fingerprint density at radius 1 is 1.00 bits per heavy atom. The summed E-state index contributed by atoms with van der Waals surface area (Å²) >= 11 is 0. The zero-order chi connectivity index (χ0) is 20.9. The average molecular weight is 394 g/mol. The Hall–Kier alpha value is -4.17. The molecule has 0 aliphatic carbocycles. The number of methoxy groups -OCH3 is 1. The topological polar surface area (TPSA) is 72.2 Å². The number of carbonyl (C=O) groups excluding carboxylic acids is 1. The van der Waals surface area contributed by atoms with E-state index in [1.54, 1.807) is 31.4 Å². The molecule has 5 heteroatoms. The summed E-state index contributed by atoms with van der Waals surface area (Å²) in [6.07, 6.45) is 0. The molecule has 0 bridgehead atoms. The van der Waals surface area contributed by atoms with Gasteiger partial charge in [0.05, 0.1) is 35.5 Å². The van der Waals surface area contributed by atoms with Crippen LogP contribution in [0.1, 0.15) is 21.5 Å². The fourth-order valence-electron chi connectivity index (χ4n) is 3.21. The number of nitrogens with zero attached hydrogens (tertiary/aromatic N) is 2. The highest BCUT2D eigenvalue weighted by Crippen LogP contribution is 2.27. The highest BCUT2D eigenvalue weighted by atomic mass is 16.5. The molecule has 0 radical (unpaired) electrons. The predicted octanol–water partition coefficient (Wildman–Crippen LogP) is 5.14. The van der Waals surface area contributed by atoms with E-state index in [0.717, 1.165) is 22.3 Å². The van der Waals surface area contributed by atoms with E-state index in [2.05, 4.69) is 6.07 Å². The molecule has 0 unspecified atom stereocenters. The number of hydrogen-bond donors (Lipinski definition) is 0. The normalized spacial score (nSPS) is 10.4. The zero-order valence-electron chi connectivity index (χ0n) is 16.3. The maximum atomic E-state index is 12.9. The fourth-order valence-corrected chi connectivity index (χ4v) is 3.21. The number of fused-ring (bicyclic) bond motifs is 1. The van der Waals surface area contributed by atoms with E-state index in [1.807, 2.05) is 54.6 Å². The number of aromatic nitrogens is 1. The van der Waals surface area contributed by atoms with Crippen LogP contribution < -0.4 is 4.74 Å². The molecule has 0 atom stereocenters. The summed E-state index contributed by atoms with van der Waals surface area (Å²) in [6, 6.07) is 25.8. The molecule has 0 fully saturated rings. The van der Waals surface area contributed by atoms with E-state index in [0.29, 0.717) is 22.3 Å². The van der Waals surface area contributed by atoms with E-state index in [9.17, 15) is 4.79 Å². The molecule has 0 amide bonds. The highest BCUT2D eigenvalue weighted by Gasteiger charge is 2.15. The summed E-state index contributed by atoms with van der Waals surface area (Å²) in [6.45, 7) is 0.0862. The van der Waals surface area contributed by atoms with Crippen molar-refractivity contribution in [3.05, 3.63) is 95.6 Å². The predicted molar refractivity (Wildman–Crippen MR) is 114 cm³/mol. The molecular formula is C25H18N2O3. The van der Waals surface area contributed by atoms with Gasteiger partial charge in [0.25, 0.3) is 0 Å². The molecule has 5 nitrogen and oxygen atoms in total. The van der Waals surface area contributed by atoms with Gasteiger partial charge in [-0.2, -0.15) is 5.26 Å². The molecule has 0 N–H and O–H groups in total. The van der Waals surface area contributed by atoms with Gasteiger partial charge in [-0.05, 0) is 54.1 Å². The standard InChI is InChI=1S/C25H18N2O3/c1-29-20-11-9-19(10-12-20)24-14-22(21-7-2-3-8-23(21)27-24)25(28)30-16-18-6-4-5-17(13-18)15-26/h2-14H,16H2,1H3. The quantitative estimate of drug-likeness (QED) is 0.438. The minimum atomic E-state index is -0.439. The molecule has 3 aromatic carbocycles. The van der Waals surface area contributed by atoms with Crippen LogP contribution in [0.5, 0.6) is 5.75 Å². The maximum absolute atomic E-state index is 12.9. The van der Waals surface area contributed by atoms with Crippen LogP contribution in [0, 0.1) is 11.3 Å². The number of esters is 1. The Kier molecular flexibility index (Phi) is 5.40. The second-order valence-electron chi connectivity index (χ2n) is 6.69. The van der Waals surface area contributed by atoms with Crippen LogP contribution in [0.4, 0.5) is 0 Å². The Bertz CT molecular complexity index is 1260. The zero-order valence-corrected chi connectivity index (χ0v) is 16.3. The molecule has 1 aromatic heterocycles. The van der Waals surface area contributed by atoms with Crippen molar-refractivity contribution in [2.75, 3.05) is 7.11 Å². The van der Waals surface area contributed by atoms with E-state index in [1.165, 1.54) is 0 Å². The minimum absolute atomic E-state index is 0.0862. The van der Waals surface area contributed by atoms with Gasteiger partial charge >= 0.3 is 5.97 Å². The lowest BCUT2D eigenvalue weighted by Crippen LogP contribution is -2.07. The molecule has 0 saturated heterocycles. The molecule has 4 aromatic rings. The van der Waals surface area contributed by atoms with Crippen molar-refractivity contribution in [2.24, 2.45) is 0 Å². The van der Waals surface area contributed by atoms with E-state index < -0.39 is 5.97 Å². The van der Waals surface area contributed by atoms with Gasteiger partial charge < -0.3 is 9.47 Å². The molecule has 4 rings (SSSR count). The number of para-hydroxylation sites is 1. The Labute approximate surface area is 174 Å². The van der Waals surface area contributed by atoms with Gasteiger partial charge in [0.15, 0.2) is 0 Å². The maximum Gasteiger partial charge on any atom is 0.339 e. The number of rotatable bonds is 5. The third-order valence-electron chi connectivity index (χ3n) is 4.75. The van der Waals surface area contributed by atoms with Crippen LogP contribution in [0.15, 0.2) is 78.9 Å². The van der Waals surface area contributed by atoms with Gasteiger partial charge in [-0.15, -0.1) is 0 Å². The number of pyridine rings is 1. The second-order valence-corrected chi connectivity index (χ2v) is 6.69. The van der Waals surface area contributed by atoms with Crippen LogP contribution >= 0.6 is 0 Å². The molecule has 30 heavy (non-hydrogen) atoms. The third-order valence-corrected chi connectivity index (χ3v) is 4.75. The lowest BCUT2D eigenvalue weighted by atomic mass is 10.0. The largest absolute Gasteiger partial charge is 0.497 e. The number of nitriles is 1. The second kappa shape index (κ2) is 8.46. The van der Waals surface area contributed by atoms with Gasteiger partial charge in [-0.1, -0.05) is 30.3 Å². The summed E-state index contributed by atoms with van der Waals surface area (Å²) in [5.41, 5.74) is 4.00. The molecular weight excluding hydrogens is 376 g/mol. The lowest BCUT2D eigenvalue weighted by Gasteiger charge is -2.11. The molecule has 146 valence electrons. The first kappa shape index (κ1) is 19.2. The van der Waals surface area contributed by atoms with Gasteiger partial charge in [-0.25, -0.2) is 9.78 Å². The van der Waals surface area contributed by atoms with E-state index >= 15 is 0 Å². The van der Waals surface area contributed by atoms with Crippen molar-refractivity contribution in [1.29, 1.82) is 5.26 Å². The summed E-state index contributed by atoms with van der Waals surface area (Å²) in [4.78, 5) is 17.6. The van der Waals surface area contributed by atoms with E-state index in [-0.39, 0.29) is 6.61 Å². The first-order chi connectivity index (χ1) is 14.7. The number of hydrogen-bond acceptors (Lipinski definition) is 5. The lowest BCUT2D eigenvalue weighted by molar-refractivity contribution is 0.0475. The summed E-state index contributed by atoms with van der Waals surface area (Å²) in [7, 11) is 1.61. The Morgan fingerprint density at radius 3 is 2.57 bits per heavy atom. The van der Waals surface area contributed by atoms with Crippen molar-refractivity contribution in [2.45, 2.75) is 6.61 Å². The van der Waals surface area contributed by atoms with Gasteiger partial charge in [0.1, 0.15) is 12.4 Å². The fraction of sp³-hybridized carbons (Fsp3) is 0.0800. The molecule has 0 saturated carbocycles. The number of benzene rings is 3. The van der Waals surface area contributed by atoms with Crippen molar-refractivity contribution < 1.29 is 14.3 Å². The SMILES string of the molecule is COc1ccc(-c2cc(C(=O)OCc3cccc(C#N)c3)c3ccccc3n2)cc1. The van der Waals surface area contributed by atoms with Crippen LogP contribution in [-0.2, 0) is 11.3 Å². The van der Waals surface area contributed by atoms with Crippen molar-refractivity contribution in [3.8, 4) is 23.1 Å². The van der Waals surface area contributed by atoms with Crippen LogP contribution in [-0.4, -0.2) is 18.1 Å². The first-order valence-corrected chi connectivity index (χ1v) is 9.38. The summed E-state index contributed by atoms with van der Waals surface area (Å²) in [5.74, 6) is 0.310. The van der Waals surface area contributed by atoms with Gasteiger partial charge in [0.2, 0.25) is 0 Å². The molecule has 0 aliphatic rings. The van der Waals surface area contributed by atoms with E-state index in [4.69, 9.17) is 19.7 Å². The first-order valence-electron chi connectivity index (χ1n) is 9.38.